The molecule has 2 amide bonds. The molecule has 0 aliphatic rings. The summed E-state index contributed by atoms with van der Waals surface area (Å²) in [5.74, 6) is 0.801. The van der Waals surface area contributed by atoms with Crippen molar-refractivity contribution in [1.82, 2.24) is 10.5 Å². The van der Waals surface area contributed by atoms with Crippen LogP contribution in [0.5, 0.6) is 0 Å². The van der Waals surface area contributed by atoms with E-state index in [-0.39, 0.29) is 17.9 Å². The first-order valence-corrected chi connectivity index (χ1v) is 7.82. The molecule has 1 atom stereocenters. The maximum absolute atomic E-state index is 12.2. The van der Waals surface area contributed by atoms with E-state index in [4.69, 9.17) is 4.52 Å². The summed E-state index contributed by atoms with van der Waals surface area (Å²) in [6.07, 6.45) is 0.645. The molecule has 0 saturated heterocycles. The van der Waals surface area contributed by atoms with Crippen LogP contribution in [0.4, 0.5) is 11.5 Å². The van der Waals surface area contributed by atoms with Gasteiger partial charge in [-0.1, -0.05) is 24.2 Å². The summed E-state index contributed by atoms with van der Waals surface area (Å²) >= 11 is 0. The van der Waals surface area contributed by atoms with E-state index in [1.54, 1.807) is 13.0 Å². The van der Waals surface area contributed by atoms with Crippen LogP contribution in [0.2, 0.25) is 0 Å². The smallest absolute Gasteiger partial charge is 0.242 e. The fraction of sp³-hybridized carbons (Fsp3) is 0.353. The Bertz CT molecular complexity index is 694. The Balaban J connectivity index is 1.88. The van der Waals surface area contributed by atoms with Gasteiger partial charge in [-0.05, 0) is 31.0 Å². The van der Waals surface area contributed by atoms with Gasteiger partial charge in [-0.3, -0.25) is 9.59 Å². The zero-order valence-electron chi connectivity index (χ0n) is 14.1. The van der Waals surface area contributed by atoms with Gasteiger partial charge in [-0.2, -0.15) is 0 Å². The lowest BCUT2D eigenvalue weighted by molar-refractivity contribution is -0.118. The molecule has 0 bridgehead atoms. The quantitative estimate of drug-likeness (QED) is 0.724. The number of anilines is 2. The molecule has 1 heterocycles. The Morgan fingerprint density at radius 3 is 2.46 bits per heavy atom. The van der Waals surface area contributed by atoms with Crippen molar-refractivity contribution in [3.63, 3.8) is 0 Å². The molecule has 0 spiro atoms. The van der Waals surface area contributed by atoms with E-state index >= 15 is 0 Å². The van der Waals surface area contributed by atoms with Gasteiger partial charge in [0.25, 0.3) is 0 Å². The monoisotopic (exact) mass is 330 g/mol. The average Bonchev–Trinajstić information content (AvgIpc) is 2.94. The van der Waals surface area contributed by atoms with Gasteiger partial charge in [-0.15, -0.1) is 0 Å². The molecule has 7 nitrogen and oxygen atoms in total. The Kier molecular flexibility index (Phi) is 6.08. The van der Waals surface area contributed by atoms with E-state index in [9.17, 15) is 9.59 Å². The van der Waals surface area contributed by atoms with Gasteiger partial charge in [0, 0.05) is 25.2 Å². The van der Waals surface area contributed by atoms with Crippen LogP contribution in [0.25, 0.3) is 0 Å². The van der Waals surface area contributed by atoms with Crippen molar-refractivity contribution in [2.24, 2.45) is 0 Å². The van der Waals surface area contributed by atoms with Crippen LogP contribution in [0.3, 0.4) is 0 Å². The number of nitrogens with zero attached hydrogens (tertiary/aromatic N) is 1. The summed E-state index contributed by atoms with van der Waals surface area (Å²) in [7, 11) is 0. The zero-order chi connectivity index (χ0) is 17.5. The highest BCUT2D eigenvalue weighted by molar-refractivity contribution is 5.94. The Morgan fingerprint density at radius 2 is 1.92 bits per heavy atom. The minimum Gasteiger partial charge on any atom is -0.360 e. The number of carbonyl (C=O) groups excluding carboxylic acids is 2. The van der Waals surface area contributed by atoms with Gasteiger partial charge < -0.3 is 20.5 Å². The van der Waals surface area contributed by atoms with Crippen molar-refractivity contribution >= 4 is 23.3 Å². The molecule has 3 N–H and O–H groups in total. The van der Waals surface area contributed by atoms with Gasteiger partial charge in [0.05, 0.1) is 6.04 Å². The molecule has 1 aromatic carbocycles. The second-order valence-electron chi connectivity index (χ2n) is 5.53. The molecule has 0 fully saturated rings. The van der Waals surface area contributed by atoms with Crippen LogP contribution in [0.15, 0.2) is 34.9 Å². The second-order valence-corrected chi connectivity index (χ2v) is 5.53. The van der Waals surface area contributed by atoms with E-state index in [2.05, 4.69) is 21.1 Å². The van der Waals surface area contributed by atoms with Gasteiger partial charge >= 0.3 is 0 Å². The van der Waals surface area contributed by atoms with Crippen molar-refractivity contribution in [2.45, 2.75) is 39.8 Å². The molecule has 7 heteroatoms. The predicted octanol–water partition coefficient (Wildman–Crippen LogP) is 2.45. The number of rotatable bonds is 7. The zero-order valence-corrected chi connectivity index (χ0v) is 14.1. The number of nitrogens with one attached hydrogen (secondary N) is 3. The van der Waals surface area contributed by atoms with Crippen molar-refractivity contribution in [3.05, 3.63) is 41.7 Å². The number of aromatic nitrogens is 1. The molecule has 2 rings (SSSR count). The third kappa shape index (κ3) is 5.20. The molecule has 24 heavy (non-hydrogen) atoms. The normalized spacial score (nSPS) is 11.8. The molecule has 128 valence electrons. The van der Waals surface area contributed by atoms with Crippen LogP contribution >= 0.6 is 0 Å². The number of aryl methyl sites for hydroxylation is 1. The summed E-state index contributed by atoms with van der Waals surface area (Å²) in [6, 6.07) is 8.81. The molecule has 0 aliphatic carbocycles. The highest BCUT2D eigenvalue weighted by atomic mass is 16.5. The largest absolute Gasteiger partial charge is 0.360 e. The van der Waals surface area contributed by atoms with Crippen LogP contribution in [-0.2, 0) is 16.1 Å². The third-order valence-electron chi connectivity index (χ3n) is 3.43. The Labute approximate surface area is 140 Å². The maximum atomic E-state index is 12.2. The topological polar surface area (TPSA) is 96.3 Å². The van der Waals surface area contributed by atoms with E-state index < -0.39 is 0 Å². The fourth-order valence-electron chi connectivity index (χ4n) is 2.21. The van der Waals surface area contributed by atoms with Crippen molar-refractivity contribution in [3.8, 4) is 0 Å². The Morgan fingerprint density at radius 1 is 1.21 bits per heavy atom. The number of hydrogen-bond acceptors (Lipinski definition) is 5. The van der Waals surface area contributed by atoms with Gasteiger partial charge in [0.1, 0.15) is 5.76 Å². The molecule has 0 saturated carbocycles. The summed E-state index contributed by atoms with van der Waals surface area (Å²) in [5.41, 5.74) is 1.77. The SMILES string of the molecule is CC[C@@H](NCc1ccc(NC(C)=O)cc1)C(=O)Nc1cc(C)on1. The van der Waals surface area contributed by atoms with E-state index in [0.29, 0.717) is 24.5 Å². The van der Waals surface area contributed by atoms with Crippen LogP contribution in [-0.4, -0.2) is 23.0 Å². The summed E-state index contributed by atoms with van der Waals surface area (Å²) in [6.45, 7) is 5.72. The standard InChI is InChI=1S/C17H22N4O3/c1-4-15(17(23)20-16-9-11(2)24-21-16)18-10-13-5-7-14(8-6-13)19-12(3)22/h5-9,15,18H,4,10H2,1-3H3,(H,19,22)(H,20,21,23)/t15-/m1/s1. The Hall–Kier alpha value is -2.67. The van der Waals surface area contributed by atoms with Gasteiger partial charge in [0.15, 0.2) is 5.82 Å². The van der Waals surface area contributed by atoms with Crippen LogP contribution in [0.1, 0.15) is 31.6 Å². The van der Waals surface area contributed by atoms with E-state index in [1.165, 1.54) is 6.92 Å². The van der Waals surface area contributed by atoms with Crippen molar-refractivity contribution in [1.29, 1.82) is 0 Å². The lowest BCUT2D eigenvalue weighted by atomic mass is 10.1. The molecular weight excluding hydrogens is 308 g/mol. The van der Waals surface area contributed by atoms with Crippen molar-refractivity contribution in [2.75, 3.05) is 10.6 Å². The number of benzene rings is 1. The minimum absolute atomic E-state index is 0.105. The average molecular weight is 330 g/mol. The molecule has 1 aromatic heterocycles. The highest BCUT2D eigenvalue weighted by Gasteiger charge is 2.17. The third-order valence-corrected chi connectivity index (χ3v) is 3.43. The highest BCUT2D eigenvalue weighted by Crippen LogP contribution is 2.11. The molecule has 0 unspecified atom stereocenters. The maximum Gasteiger partial charge on any atom is 0.242 e. The first-order chi connectivity index (χ1) is 11.5. The lowest BCUT2D eigenvalue weighted by Crippen LogP contribution is -2.39. The number of hydrogen-bond donors (Lipinski definition) is 3. The number of carbonyl (C=O) groups is 2. The number of amides is 2. The summed E-state index contributed by atoms with van der Waals surface area (Å²) in [5, 5.41) is 12.4. The van der Waals surface area contributed by atoms with E-state index in [1.807, 2.05) is 31.2 Å². The molecule has 2 aromatic rings. The van der Waals surface area contributed by atoms with Crippen molar-refractivity contribution < 1.29 is 14.1 Å². The van der Waals surface area contributed by atoms with E-state index in [0.717, 1.165) is 11.3 Å². The first kappa shape index (κ1) is 17.7. The summed E-state index contributed by atoms with van der Waals surface area (Å²) < 4.78 is 4.93. The second kappa shape index (κ2) is 8.26. The van der Waals surface area contributed by atoms with Gasteiger partial charge in [0.2, 0.25) is 11.8 Å². The van der Waals surface area contributed by atoms with Crippen LogP contribution in [0, 0.1) is 6.92 Å². The van der Waals surface area contributed by atoms with Gasteiger partial charge in [-0.25, -0.2) is 0 Å². The minimum atomic E-state index is -0.336. The molecule has 0 radical (unpaired) electrons. The molecular formula is C17H22N4O3. The fourth-order valence-corrected chi connectivity index (χ4v) is 2.21. The predicted molar refractivity (Wildman–Crippen MR) is 91.5 cm³/mol. The lowest BCUT2D eigenvalue weighted by Gasteiger charge is -2.16. The first-order valence-electron chi connectivity index (χ1n) is 7.82. The van der Waals surface area contributed by atoms with Crippen LogP contribution < -0.4 is 16.0 Å². The summed E-state index contributed by atoms with van der Waals surface area (Å²) in [4.78, 5) is 23.2. The molecule has 0 aliphatic heterocycles.